The summed E-state index contributed by atoms with van der Waals surface area (Å²) in [5.41, 5.74) is 0.524. The smallest absolute Gasteiger partial charge is 0.0186 e. The molecule has 3 heteroatoms. The van der Waals surface area contributed by atoms with Crippen molar-refractivity contribution in [1.29, 1.82) is 0 Å². The van der Waals surface area contributed by atoms with Crippen molar-refractivity contribution in [2.75, 3.05) is 11.5 Å². The van der Waals surface area contributed by atoms with Gasteiger partial charge in [-0.2, -0.15) is 12.6 Å². The Morgan fingerprint density at radius 1 is 1.40 bits per heavy atom. The van der Waals surface area contributed by atoms with E-state index in [-0.39, 0.29) is 0 Å². The average molecular weight is 303 g/mol. The second-order valence-corrected chi connectivity index (χ2v) is 6.54. The molecule has 0 aliphatic heterocycles. The molecule has 1 aromatic rings. The molecule has 1 aliphatic rings. The standard InChI is InChI=1S/C12H15BrS2/c13-10-3-1-4-11(7-10)15-9-12(8-14)5-2-6-12/h1,3-4,7,14H,2,5-6,8-9H2. The lowest BCUT2D eigenvalue weighted by atomic mass is 9.72. The van der Waals surface area contributed by atoms with Crippen LogP contribution in [0.5, 0.6) is 0 Å². The van der Waals surface area contributed by atoms with Gasteiger partial charge in [0.2, 0.25) is 0 Å². The molecule has 1 aromatic carbocycles. The molecule has 0 saturated heterocycles. The van der Waals surface area contributed by atoms with E-state index in [0.29, 0.717) is 5.41 Å². The van der Waals surface area contributed by atoms with Crippen molar-refractivity contribution in [2.24, 2.45) is 5.41 Å². The second-order valence-electron chi connectivity index (χ2n) is 4.26. The van der Waals surface area contributed by atoms with E-state index in [0.717, 1.165) is 5.75 Å². The van der Waals surface area contributed by atoms with Crippen molar-refractivity contribution in [1.82, 2.24) is 0 Å². The van der Waals surface area contributed by atoms with Gasteiger partial charge in [-0.3, -0.25) is 0 Å². The van der Waals surface area contributed by atoms with Gasteiger partial charge in [-0.15, -0.1) is 11.8 Å². The third-order valence-corrected chi connectivity index (χ3v) is 5.60. The normalized spacial score (nSPS) is 18.5. The fourth-order valence-electron chi connectivity index (χ4n) is 1.82. The van der Waals surface area contributed by atoms with Crippen LogP contribution in [0.3, 0.4) is 0 Å². The topological polar surface area (TPSA) is 0 Å². The quantitative estimate of drug-likeness (QED) is 0.624. The fourth-order valence-corrected chi connectivity index (χ4v) is 4.20. The van der Waals surface area contributed by atoms with Gasteiger partial charge in [0.25, 0.3) is 0 Å². The van der Waals surface area contributed by atoms with Crippen LogP contribution in [-0.2, 0) is 0 Å². The molecule has 1 saturated carbocycles. The number of benzene rings is 1. The molecule has 0 heterocycles. The molecule has 1 aliphatic carbocycles. The van der Waals surface area contributed by atoms with Crippen molar-refractivity contribution in [3.8, 4) is 0 Å². The van der Waals surface area contributed by atoms with Crippen LogP contribution in [-0.4, -0.2) is 11.5 Å². The second kappa shape index (κ2) is 5.15. The Kier molecular flexibility index (Phi) is 4.08. The first-order valence-corrected chi connectivity index (χ1v) is 7.64. The highest BCUT2D eigenvalue weighted by Crippen LogP contribution is 2.45. The molecule has 15 heavy (non-hydrogen) atoms. The first kappa shape index (κ1) is 11.9. The van der Waals surface area contributed by atoms with Gasteiger partial charge >= 0.3 is 0 Å². The van der Waals surface area contributed by atoms with E-state index in [2.05, 4.69) is 52.8 Å². The summed E-state index contributed by atoms with van der Waals surface area (Å²) < 4.78 is 1.17. The maximum Gasteiger partial charge on any atom is 0.0186 e. The zero-order valence-electron chi connectivity index (χ0n) is 8.58. The number of halogens is 1. The van der Waals surface area contributed by atoms with Crippen molar-refractivity contribution in [2.45, 2.75) is 24.2 Å². The number of thioether (sulfide) groups is 1. The van der Waals surface area contributed by atoms with Crippen LogP contribution in [0.2, 0.25) is 0 Å². The van der Waals surface area contributed by atoms with Crippen LogP contribution in [0.1, 0.15) is 19.3 Å². The summed E-state index contributed by atoms with van der Waals surface area (Å²) in [6.07, 6.45) is 4.11. The van der Waals surface area contributed by atoms with Crippen LogP contribution in [0.15, 0.2) is 33.6 Å². The summed E-state index contributed by atoms with van der Waals surface area (Å²) in [6.45, 7) is 0. The van der Waals surface area contributed by atoms with Gasteiger partial charge in [-0.25, -0.2) is 0 Å². The lowest BCUT2D eigenvalue weighted by molar-refractivity contribution is 0.205. The molecule has 1 fully saturated rings. The molecule has 0 bridgehead atoms. The van der Waals surface area contributed by atoms with E-state index in [1.807, 2.05) is 11.8 Å². The minimum absolute atomic E-state index is 0.524. The lowest BCUT2D eigenvalue weighted by Crippen LogP contribution is -2.33. The predicted molar refractivity (Wildman–Crippen MR) is 75.0 cm³/mol. The first-order chi connectivity index (χ1) is 7.24. The molecule has 0 unspecified atom stereocenters. The Morgan fingerprint density at radius 3 is 2.73 bits per heavy atom. The summed E-state index contributed by atoms with van der Waals surface area (Å²) in [5.74, 6) is 2.25. The Labute approximate surface area is 110 Å². The number of hydrogen-bond donors (Lipinski definition) is 1. The van der Waals surface area contributed by atoms with Gasteiger partial charge in [-0.05, 0) is 42.2 Å². The highest BCUT2D eigenvalue weighted by atomic mass is 79.9. The van der Waals surface area contributed by atoms with Gasteiger partial charge < -0.3 is 0 Å². The first-order valence-electron chi connectivity index (χ1n) is 5.23. The predicted octanol–water partition coefficient (Wildman–Crippen LogP) is 4.64. The van der Waals surface area contributed by atoms with Gasteiger partial charge in [0.15, 0.2) is 0 Å². The third-order valence-electron chi connectivity index (χ3n) is 3.09. The molecule has 2 rings (SSSR count). The van der Waals surface area contributed by atoms with E-state index >= 15 is 0 Å². The molecular formula is C12H15BrS2. The molecule has 0 amide bonds. The van der Waals surface area contributed by atoms with Crippen molar-refractivity contribution >= 4 is 40.3 Å². The Hall–Kier alpha value is 0.400. The SMILES string of the molecule is SCC1(CSc2cccc(Br)c2)CCC1. The Balaban J connectivity index is 1.92. The van der Waals surface area contributed by atoms with Gasteiger partial charge in [0, 0.05) is 15.1 Å². The summed E-state index contributed by atoms with van der Waals surface area (Å²) >= 11 is 9.94. The largest absolute Gasteiger partial charge is 0.179 e. The van der Waals surface area contributed by atoms with Crippen molar-refractivity contribution in [3.05, 3.63) is 28.7 Å². The van der Waals surface area contributed by atoms with Gasteiger partial charge in [0.05, 0.1) is 0 Å². The molecule has 0 N–H and O–H groups in total. The molecule has 0 aromatic heterocycles. The molecule has 0 radical (unpaired) electrons. The van der Waals surface area contributed by atoms with E-state index in [9.17, 15) is 0 Å². The van der Waals surface area contributed by atoms with Crippen LogP contribution >= 0.6 is 40.3 Å². The van der Waals surface area contributed by atoms with Gasteiger partial charge in [-0.1, -0.05) is 28.4 Å². The van der Waals surface area contributed by atoms with E-state index in [1.165, 1.54) is 34.4 Å². The molecule has 82 valence electrons. The summed E-state index contributed by atoms with van der Waals surface area (Å²) in [4.78, 5) is 1.36. The summed E-state index contributed by atoms with van der Waals surface area (Å²) in [5, 5.41) is 0. The summed E-state index contributed by atoms with van der Waals surface area (Å²) in [7, 11) is 0. The molecular weight excluding hydrogens is 288 g/mol. The van der Waals surface area contributed by atoms with Crippen LogP contribution < -0.4 is 0 Å². The summed E-state index contributed by atoms with van der Waals surface area (Å²) in [6, 6.07) is 8.54. The van der Waals surface area contributed by atoms with Crippen molar-refractivity contribution in [3.63, 3.8) is 0 Å². The Bertz CT molecular complexity index is 329. The van der Waals surface area contributed by atoms with Gasteiger partial charge in [0.1, 0.15) is 0 Å². The third kappa shape index (κ3) is 2.95. The fraction of sp³-hybridized carbons (Fsp3) is 0.500. The maximum atomic E-state index is 4.48. The van der Waals surface area contributed by atoms with E-state index < -0.39 is 0 Å². The lowest BCUT2D eigenvalue weighted by Gasteiger charge is -2.40. The minimum Gasteiger partial charge on any atom is -0.179 e. The molecule has 0 spiro atoms. The zero-order chi connectivity index (χ0) is 10.7. The number of rotatable bonds is 4. The monoisotopic (exact) mass is 302 g/mol. The Morgan fingerprint density at radius 2 is 2.20 bits per heavy atom. The highest BCUT2D eigenvalue weighted by Gasteiger charge is 2.35. The molecule has 0 nitrogen and oxygen atoms in total. The zero-order valence-corrected chi connectivity index (χ0v) is 11.9. The van der Waals surface area contributed by atoms with Crippen LogP contribution in [0.4, 0.5) is 0 Å². The van der Waals surface area contributed by atoms with Crippen LogP contribution in [0.25, 0.3) is 0 Å². The number of thiol groups is 1. The average Bonchev–Trinajstić information content (AvgIpc) is 2.17. The van der Waals surface area contributed by atoms with Crippen molar-refractivity contribution < 1.29 is 0 Å². The van der Waals surface area contributed by atoms with Crippen LogP contribution in [0, 0.1) is 5.41 Å². The number of hydrogen-bond acceptors (Lipinski definition) is 2. The maximum absolute atomic E-state index is 4.48. The highest BCUT2D eigenvalue weighted by molar-refractivity contribution is 9.10. The van der Waals surface area contributed by atoms with E-state index in [1.54, 1.807) is 0 Å². The minimum atomic E-state index is 0.524. The molecule has 0 atom stereocenters. The van der Waals surface area contributed by atoms with E-state index in [4.69, 9.17) is 0 Å².